The van der Waals surface area contributed by atoms with E-state index in [-0.39, 0.29) is 18.1 Å². The summed E-state index contributed by atoms with van der Waals surface area (Å²) in [6, 6.07) is 4.26. The highest BCUT2D eigenvalue weighted by Crippen LogP contribution is 2.23. The van der Waals surface area contributed by atoms with E-state index in [2.05, 4.69) is 0 Å². The lowest BCUT2D eigenvalue weighted by atomic mass is 9.98. The number of carbonyl (C=O) groups excluding carboxylic acids is 2. The number of carbonyl (C=O) groups is 2. The van der Waals surface area contributed by atoms with Gasteiger partial charge in [-0.2, -0.15) is 0 Å². The molecule has 6 nitrogen and oxygen atoms in total. The number of fused-ring (bicyclic) bond motifs is 1. The molecule has 1 amide bonds. The molecule has 0 aliphatic carbocycles. The van der Waals surface area contributed by atoms with Crippen molar-refractivity contribution in [2.75, 3.05) is 13.1 Å². The molecular formula is C11H10N2O4. The number of nitrogens with zero attached hydrogens (tertiary/aromatic N) is 2. The highest BCUT2D eigenvalue weighted by Gasteiger charge is 2.25. The van der Waals surface area contributed by atoms with Crippen LogP contribution in [-0.4, -0.2) is 35.1 Å². The first-order valence-corrected chi connectivity index (χ1v) is 5.13. The fraction of sp³-hybridized carbons (Fsp3) is 0.273. The normalized spacial score (nSPS) is 14.4. The summed E-state index contributed by atoms with van der Waals surface area (Å²) in [6.45, 7) is 0.503. The van der Waals surface area contributed by atoms with Gasteiger partial charge in [-0.3, -0.25) is 14.9 Å². The van der Waals surface area contributed by atoms with Crippen molar-refractivity contribution in [3.05, 3.63) is 39.4 Å². The zero-order valence-corrected chi connectivity index (χ0v) is 8.96. The zero-order valence-electron chi connectivity index (χ0n) is 8.96. The second-order valence-electron chi connectivity index (χ2n) is 3.77. The van der Waals surface area contributed by atoms with Crippen LogP contribution in [0.4, 0.5) is 5.69 Å². The number of hydrogen-bond acceptors (Lipinski definition) is 4. The Bertz CT molecular complexity index is 498. The molecule has 0 aromatic heterocycles. The van der Waals surface area contributed by atoms with E-state index in [1.54, 1.807) is 6.07 Å². The van der Waals surface area contributed by atoms with E-state index >= 15 is 0 Å². The standard InChI is InChI=1S/C11H10N2O4/c14-6-5-12-4-3-8-1-2-9(13(16)17)7-10(8)11(12)15/h1-2,6-7H,3-5H2. The summed E-state index contributed by atoms with van der Waals surface area (Å²) in [4.78, 5) is 33.8. The largest absolute Gasteiger partial charge is 0.331 e. The van der Waals surface area contributed by atoms with Gasteiger partial charge in [-0.05, 0) is 12.0 Å². The minimum atomic E-state index is -0.535. The van der Waals surface area contributed by atoms with E-state index in [4.69, 9.17) is 0 Å². The van der Waals surface area contributed by atoms with E-state index in [9.17, 15) is 19.7 Å². The van der Waals surface area contributed by atoms with Crippen molar-refractivity contribution in [3.63, 3.8) is 0 Å². The van der Waals surface area contributed by atoms with Gasteiger partial charge in [0.2, 0.25) is 0 Å². The van der Waals surface area contributed by atoms with Gasteiger partial charge in [-0.15, -0.1) is 0 Å². The Hall–Kier alpha value is -2.24. The van der Waals surface area contributed by atoms with Gasteiger partial charge in [-0.25, -0.2) is 0 Å². The van der Waals surface area contributed by atoms with Crippen LogP contribution >= 0.6 is 0 Å². The first kappa shape index (κ1) is 11.3. The third kappa shape index (κ3) is 2.01. The minimum absolute atomic E-state index is 0.0287. The lowest BCUT2D eigenvalue weighted by Gasteiger charge is -2.26. The van der Waals surface area contributed by atoms with Crippen molar-refractivity contribution in [1.82, 2.24) is 4.90 Å². The molecule has 0 atom stereocenters. The zero-order chi connectivity index (χ0) is 12.4. The van der Waals surface area contributed by atoms with Crippen LogP contribution in [0.15, 0.2) is 18.2 Å². The molecule has 2 rings (SSSR count). The van der Waals surface area contributed by atoms with E-state index in [0.29, 0.717) is 24.8 Å². The molecule has 1 aliphatic heterocycles. The van der Waals surface area contributed by atoms with Crippen molar-refractivity contribution in [2.24, 2.45) is 0 Å². The van der Waals surface area contributed by atoms with E-state index in [1.807, 2.05) is 0 Å². The molecule has 0 saturated carbocycles. The Morgan fingerprint density at radius 2 is 2.24 bits per heavy atom. The summed E-state index contributed by atoms with van der Waals surface area (Å²) in [6.07, 6.45) is 1.27. The average Bonchev–Trinajstić information content (AvgIpc) is 2.32. The number of non-ortho nitro benzene ring substituents is 1. The molecule has 0 spiro atoms. The summed E-state index contributed by atoms with van der Waals surface area (Å²) < 4.78 is 0. The molecule has 88 valence electrons. The number of nitro benzene ring substituents is 1. The van der Waals surface area contributed by atoms with Gasteiger partial charge >= 0.3 is 0 Å². The molecule has 0 unspecified atom stereocenters. The molecule has 0 bridgehead atoms. The van der Waals surface area contributed by atoms with E-state index < -0.39 is 4.92 Å². The third-order valence-corrected chi connectivity index (χ3v) is 2.77. The summed E-state index contributed by atoms with van der Waals surface area (Å²) >= 11 is 0. The predicted molar refractivity (Wildman–Crippen MR) is 58.8 cm³/mol. The number of rotatable bonds is 3. The smallest absolute Gasteiger partial charge is 0.270 e. The van der Waals surface area contributed by atoms with Crippen LogP contribution in [0.3, 0.4) is 0 Å². The fourth-order valence-electron chi connectivity index (χ4n) is 1.89. The van der Waals surface area contributed by atoms with E-state index in [0.717, 1.165) is 5.56 Å². The Labute approximate surface area is 97.0 Å². The summed E-state index contributed by atoms with van der Waals surface area (Å²) in [7, 11) is 0. The topological polar surface area (TPSA) is 80.5 Å². The lowest BCUT2D eigenvalue weighted by molar-refractivity contribution is -0.384. The highest BCUT2D eigenvalue weighted by atomic mass is 16.6. The Morgan fingerprint density at radius 3 is 2.88 bits per heavy atom. The molecule has 1 aromatic carbocycles. The lowest BCUT2D eigenvalue weighted by Crippen LogP contribution is -2.38. The Morgan fingerprint density at radius 1 is 1.47 bits per heavy atom. The van der Waals surface area contributed by atoms with Gasteiger partial charge in [0.25, 0.3) is 11.6 Å². The SMILES string of the molecule is O=CCN1CCc2ccc([N+](=O)[O-])cc2C1=O. The first-order valence-electron chi connectivity index (χ1n) is 5.13. The number of amides is 1. The second kappa shape index (κ2) is 4.32. The quantitative estimate of drug-likeness (QED) is 0.440. The summed E-state index contributed by atoms with van der Waals surface area (Å²) in [5.74, 6) is -0.318. The first-order chi connectivity index (χ1) is 8.13. The molecular weight excluding hydrogens is 224 g/mol. The van der Waals surface area contributed by atoms with Gasteiger partial charge < -0.3 is 9.69 Å². The molecule has 1 aliphatic rings. The Balaban J connectivity index is 2.39. The minimum Gasteiger partial charge on any atom is -0.331 e. The maximum absolute atomic E-state index is 11.9. The van der Waals surface area contributed by atoms with Crippen LogP contribution in [0.1, 0.15) is 15.9 Å². The fourth-order valence-corrected chi connectivity index (χ4v) is 1.89. The summed E-state index contributed by atoms with van der Waals surface area (Å²) in [5, 5.41) is 10.6. The number of nitro groups is 1. The van der Waals surface area contributed by atoms with Crippen molar-refractivity contribution >= 4 is 17.9 Å². The van der Waals surface area contributed by atoms with Gasteiger partial charge in [0.05, 0.1) is 11.5 Å². The maximum atomic E-state index is 11.9. The van der Waals surface area contributed by atoms with Crippen molar-refractivity contribution in [1.29, 1.82) is 0 Å². The number of hydrogen-bond donors (Lipinski definition) is 0. The average molecular weight is 234 g/mol. The van der Waals surface area contributed by atoms with Crippen molar-refractivity contribution in [3.8, 4) is 0 Å². The van der Waals surface area contributed by atoms with Crippen LogP contribution in [0, 0.1) is 10.1 Å². The van der Waals surface area contributed by atoms with E-state index in [1.165, 1.54) is 17.0 Å². The van der Waals surface area contributed by atoms with Gasteiger partial charge in [0.15, 0.2) is 0 Å². The van der Waals surface area contributed by atoms with Crippen molar-refractivity contribution < 1.29 is 14.5 Å². The van der Waals surface area contributed by atoms with Gasteiger partial charge in [0, 0.05) is 24.2 Å². The monoisotopic (exact) mass is 234 g/mol. The predicted octanol–water partition coefficient (Wildman–Crippen LogP) is 0.792. The summed E-state index contributed by atoms with van der Waals surface area (Å²) in [5.41, 5.74) is 1.01. The van der Waals surface area contributed by atoms with Crippen molar-refractivity contribution in [2.45, 2.75) is 6.42 Å². The van der Waals surface area contributed by atoms with Gasteiger partial charge in [-0.1, -0.05) is 6.07 Å². The van der Waals surface area contributed by atoms with Crippen LogP contribution in [0.5, 0.6) is 0 Å². The van der Waals surface area contributed by atoms with Gasteiger partial charge in [0.1, 0.15) is 6.29 Å². The maximum Gasteiger partial charge on any atom is 0.270 e. The Kier molecular flexibility index (Phi) is 2.86. The molecule has 0 N–H and O–H groups in total. The molecule has 6 heteroatoms. The molecule has 17 heavy (non-hydrogen) atoms. The molecule has 0 fully saturated rings. The van der Waals surface area contributed by atoms with Crippen LogP contribution in [0.25, 0.3) is 0 Å². The highest BCUT2D eigenvalue weighted by molar-refractivity contribution is 5.98. The molecule has 1 aromatic rings. The molecule has 0 radical (unpaired) electrons. The third-order valence-electron chi connectivity index (χ3n) is 2.77. The van der Waals surface area contributed by atoms with Crippen LogP contribution in [-0.2, 0) is 11.2 Å². The second-order valence-corrected chi connectivity index (χ2v) is 3.77. The number of benzene rings is 1. The molecule has 1 heterocycles. The van der Waals surface area contributed by atoms with Crippen LogP contribution < -0.4 is 0 Å². The molecule has 0 saturated heterocycles. The van der Waals surface area contributed by atoms with Crippen LogP contribution in [0.2, 0.25) is 0 Å². The number of aldehydes is 1.